The van der Waals surface area contributed by atoms with Crippen molar-refractivity contribution in [1.82, 2.24) is 25.0 Å². The second kappa shape index (κ2) is 9.38. The molecular weight excluding hydrogens is 401 g/mol. The predicted molar refractivity (Wildman–Crippen MR) is 113 cm³/mol. The van der Waals surface area contributed by atoms with Gasteiger partial charge in [0, 0.05) is 37.6 Å². The molecule has 2 N–H and O–H groups in total. The molecule has 0 aliphatic rings. The fraction of sp³-hybridized carbons (Fsp3) is 0.273. The van der Waals surface area contributed by atoms with Gasteiger partial charge in [-0.25, -0.2) is 4.39 Å². The number of nitrogens with one attached hydrogen (secondary N) is 2. The van der Waals surface area contributed by atoms with E-state index in [0.29, 0.717) is 0 Å². The van der Waals surface area contributed by atoms with Gasteiger partial charge in [-0.1, -0.05) is 12.1 Å². The van der Waals surface area contributed by atoms with Gasteiger partial charge in [0.2, 0.25) is 5.91 Å². The first-order valence-electron chi connectivity index (χ1n) is 9.75. The molecule has 2 amide bonds. The summed E-state index contributed by atoms with van der Waals surface area (Å²) in [7, 11) is 1.80. The van der Waals surface area contributed by atoms with Crippen LogP contribution in [-0.4, -0.2) is 26.2 Å². The molecule has 2 heterocycles. The van der Waals surface area contributed by atoms with Gasteiger partial charge < -0.3 is 15.2 Å². The highest BCUT2D eigenvalue weighted by molar-refractivity contribution is 5.93. The van der Waals surface area contributed by atoms with E-state index in [9.17, 15) is 18.8 Å². The first-order valence-corrected chi connectivity index (χ1v) is 9.75. The van der Waals surface area contributed by atoms with Crippen molar-refractivity contribution in [3.63, 3.8) is 0 Å². The van der Waals surface area contributed by atoms with E-state index >= 15 is 0 Å². The third kappa shape index (κ3) is 5.65. The second-order valence-corrected chi connectivity index (χ2v) is 7.33. The van der Waals surface area contributed by atoms with Crippen LogP contribution in [-0.2, 0) is 24.9 Å². The molecule has 3 aromatic rings. The van der Waals surface area contributed by atoms with E-state index in [1.165, 1.54) is 35.0 Å². The van der Waals surface area contributed by atoms with Crippen LogP contribution in [0.15, 0.2) is 53.6 Å². The van der Waals surface area contributed by atoms with Crippen molar-refractivity contribution in [3.8, 4) is 0 Å². The summed E-state index contributed by atoms with van der Waals surface area (Å²) in [5, 5.41) is 9.81. The molecule has 1 aromatic carbocycles. The summed E-state index contributed by atoms with van der Waals surface area (Å²) < 4.78 is 15.8. The lowest BCUT2D eigenvalue weighted by Crippen LogP contribution is -2.34. The number of benzene rings is 1. The Hall–Kier alpha value is -3.75. The van der Waals surface area contributed by atoms with Crippen molar-refractivity contribution in [2.24, 2.45) is 7.05 Å². The zero-order valence-electron chi connectivity index (χ0n) is 17.6. The third-order valence-electron chi connectivity index (χ3n) is 4.82. The van der Waals surface area contributed by atoms with E-state index in [0.717, 1.165) is 16.8 Å². The first kappa shape index (κ1) is 21.9. The lowest BCUT2D eigenvalue weighted by atomic mass is 10.1. The molecule has 2 aromatic heterocycles. The van der Waals surface area contributed by atoms with E-state index in [4.69, 9.17) is 0 Å². The van der Waals surface area contributed by atoms with Gasteiger partial charge in [0.05, 0.1) is 17.3 Å². The van der Waals surface area contributed by atoms with E-state index in [2.05, 4.69) is 15.7 Å². The van der Waals surface area contributed by atoms with Crippen molar-refractivity contribution < 1.29 is 14.0 Å². The Bertz CT molecular complexity index is 1150. The number of aryl methyl sites for hydroxylation is 2. The van der Waals surface area contributed by atoms with Gasteiger partial charge in [-0.05, 0) is 37.6 Å². The molecule has 0 bridgehead atoms. The summed E-state index contributed by atoms with van der Waals surface area (Å²) in [6.45, 7) is 3.68. The van der Waals surface area contributed by atoms with Crippen LogP contribution in [0.2, 0.25) is 0 Å². The Morgan fingerprint density at radius 1 is 1.13 bits per heavy atom. The van der Waals surface area contributed by atoms with E-state index in [-0.39, 0.29) is 36.4 Å². The minimum Gasteiger partial charge on any atom is -0.348 e. The summed E-state index contributed by atoms with van der Waals surface area (Å²) >= 11 is 0. The number of halogens is 1. The van der Waals surface area contributed by atoms with Gasteiger partial charge in [-0.3, -0.25) is 19.1 Å². The van der Waals surface area contributed by atoms with Crippen molar-refractivity contribution in [2.75, 3.05) is 0 Å². The third-order valence-corrected chi connectivity index (χ3v) is 4.82. The molecule has 9 heteroatoms. The number of amides is 2. The van der Waals surface area contributed by atoms with Crippen LogP contribution in [0, 0.1) is 12.7 Å². The highest BCUT2D eigenvalue weighted by atomic mass is 19.1. The number of pyridine rings is 1. The number of carbonyl (C=O) groups excluding carboxylic acids is 2. The summed E-state index contributed by atoms with van der Waals surface area (Å²) in [5.74, 6) is -1.12. The molecule has 8 nitrogen and oxygen atoms in total. The fourth-order valence-electron chi connectivity index (χ4n) is 3.24. The minimum atomic E-state index is -0.405. The Morgan fingerprint density at radius 2 is 1.84 bits per heavy atom. The maximum absolute atomic E-state index is 13.0. The van der Waals surface area contributed by atoms with E-state index in [1.807, 2.05) is 20.0 Å². The standard InChI is InChI=1S/C22H24FN5O3/c1-14(19-12-27(3)26-15(19)2)25-20(29)13-28-11-17(6-9-21(28)30)22(31)24-10-16-4-7-18(23)8-5-16/h4-9,11-12,14H,10,13H2,1-3H3,(H,24,31)(H,25,29)/t14-/m1/s1. The average Bonchev–Trinajstić information content (AvgIpc) is 3.07. The molecule has 31 heavy (non-hydrogen) atoms. The summed E-state index contributed by atoms with van der Waals surface area (Å²) in [4.78, 5) is 37.0. The Balaban J connectivity index is 1.63. The van der Waals surface area contributed by atoms with E-state index < -0.39 is 11.5 Å². The maximum Gasteiger partial charge on any atom is 0.253 e. The van der Waals surface area contributed by atoms with Crippen LogP contribution >= 0.6 is 0 Å². The van der Waals surface area contributed by atoms with Crippen LogP contribution in [0.5, 0.6) is 0 Å². The first-order chi connectivity index (χ1) is 14.7. The summed E-state index contributed by atoms with van der Waals surface area (Å²) in [5.41, 5.74) is 2.28. The summed E-state index contributed by atoms with van der Waals surface area (Å²) in [6, 6.07) is 8.15. The van der Waals surface area contributed by atoms with Gasteiger partial charge in [0.25, 0.3) is 11.5 Å². The molecule has 1 atom stereocenters. The molecule has 0 spiro atoms. The quantitative estimate of drug-likeness (QED) is 0.604. The van der Waals surface area contributed by atoms with Crippen LogP contribution in [0.1, 0.15) is 40.1 Å². The van der Waals surface area contributed by atoms with Gasteiger partial charge in [-0.2, -0.15) is 5.10 Å². The van der Waals surface area contributed by atoms with Crippen molar-refractivity contribution in [2.45, 2.75) is 33.0 Å². The van der Waals surface area contributed by atoms with Crippen molar-refractivity contribution in [1.29, 1.82) is 0 Å². The molecular formula is C22H24FN5O3. The topological polar surface area (TPSA) is 98.0 Å². The van der Waals surface area contributed by atoms with Gasteiger partial charge in [-0.15, -0.1) is 0 Å². The highest BCUT2D eigenvalue weighted by Crippen LogP contribution is 2.15. The molecule has 0 saturated carbocycles. The molecule has 3 rings (SSSR count). The highest BCUT2D eigenvalue weighted by Gasteiger charge is 2.16. The average molecular weight is 425 g/mol. The number of rotatable bonds is 7. The number of hydrogen-bond donors (Lipinski definition) is 2. The fourth-order valence-corrected chi connectivity index (χ4v) is 3.24. The molecule has 0 unspecified atom stereocenters. The molecule has 0 radical (unpaired) electrons. The molecule has 0 fully saturated rings. The molecule has 0 aliphatic heterocycles. The number of hydrogen-bond acceptors (Lipinski definition) is 4. The molecule has 0 aliphatic carbocycles. The summed E-state index contributed by atoms with van der Waals surface area (Å²) in [6.07, 6.45) is 3.18. The number of carbonyl (C=O) groups is 2. The van der Waals surface area contributed by atoms with Gasteiger partial charge in [0.15, 0.2) is 0 Å². The smallest absolute Gasteiger partial charge is 0.253 e. The Morgan fingerprint density at radius 3 is 2.48 bits per heavy atom. The normalized spacial score (nSPS) is 11.7. The number of aromatic nitrogens is 3. The largest absolute Gasteiger partial charge is 0.348 e. The monoisotopic (exact) mass is 425 g/mol. The van der Waals surface area contributed by atoms with Crippen LogP contribution < -0.4 is 16.2 Å². The Kier molecular flexibility index (Phi) is 6.64. The number of nitrogens with zero attached hydrogens (tertiary/aromatic N) is 3. The molecule has 162 valence electrons. The van der Waals surface area contributed by atoms with Crippen LogP contribution in [0.25, 0.3) is 0 Å². The van der Waals surface area contributed by atoms with Crippen LogP contribution in [0.3, 0.4) is 0 Å². The second-order valence-electron chi connectivity index (χ2n) is 7.33. The molecule has 0 saturated heterocycles. The predicted octanol–water partition coefficient (Wildman–Crippen LogP) is 1.84. The van der Waals surface area contributed by atoms with Crippen molar-refractivity contribution >= 4 is 11.8 Å². The maximum atomic E-state index is 13.0. The lowest BCUT2D eigenvalue weighted by molar-refractivity contribution is -0.122. The van der Waals surface area contributed by atoms with E-state index in [1.54, 1.807) is 23.9 Å². The van der Waals surface area contributed by atoms with Gasteiger partial charge in [0.1, 0.15) is 12.4 Å². The van der Waals surface area contributed by atoms with Crippen molar-refractivity contribution in [3.05, 3.63) is 87.3 Å². The zero-order chi connectivity index (χ0) is 22.5. The van der Waals surface area contributed by atoms with Gasteiger partial charge >= 0.3 is 0 Å². The zero-order valence-corrected chi connectivity index (χ0v) is 17.6. The SMILES string of the molecule is Cc1nn(C)cc1[C@@H](C)NC(=O)Cn1cc(C(=O)NCc2ccc(F)cc2)ccc1=O. The van der Waals surface area contributed by atoms with Crippen LogP contribution in [0.4, 0.5) is 4.39 Å². The minimum absolute atomic E-state index is 0.209. The lowest BCUT2D eigenvalue weighted by Gasteiger charge is -2.14. The Labute approximate surface area is 178 Å².